The summed E-state index contributed by atoms with van der Waals surface area (Å²) in [6.07, 6.45) is -0.336. The standard InChI is InChI=1S/C8H16N2O/c1-7(2)5(10-9)8(3,4)6(7)11/h6,11H,9H2,1-4H3. The van der Waals surface area contributed by atoms with Crippen molar-refractivity contribution in [3.05, 3.63) is 0 Å². The van der Waals surface area contributed by atoms with Crippen molar-refractivity contribution in [2.75, 3.05) is 0 Å². The summed E-state index contributed by atoms with van der Waals surface area (Å²) in [4.78, 5) is 0. The highest BCUT2D eigenvalue weighted by atomic mass is 16.3. The van der Waals surface area contributed by atoms with Gasteiger partial charge in [0.15, 0.2) is 0 Å². The molecule has 0 aliphatic heterocycles. The van der Waals surface area contributed by atoms with Gasteiger partial charge in [-0.15, -0.1) is 0 Å². The second kappa shape index (κ2) is 1.97. The molecule has 0 atom stereocenters. The first-order valence-electron chi connectivity index (χ1n) is 3.82. The lowest BCUT2D eigenvalue weighted by Gasteiger charge is -2.55. The molecule has 0 aromatic rings. The van der Waals surface area contributed by atoms with Crippen molar-refractivity contribution in [2.45, 2.75) is 33.8 Å². The molecule has 1 aliphatic rings. The molecule has 3 nitrogen and oxygen atoms in total. The molecule has 1 saturated carbocycles. The molecule has 0 saturated heterocycles. The van der Waals surface area contributed by atoms with Crippen LogP contribution in [0.3, 0.4) is 0 Å². The van der Waals surface area contributed by atoms with Crippen molar-refractivity contribution in [3.63, 3.8) is 0 Å². The maximum atomic E-state index is 9.67. The van der Waals surface area contributed by atoms with Gasteiger partial charge in [-0.3, -0.25) is 0 Å². The van der Waals surface area contributed by atoms with E-state index in [1.54, 1.807) is 0 Å². The van der Waals surface area contributed by atoms with Gasteiger partial charge in [0.05, 0.1) is 11.8 Å². The van der Waals surface area contributed by atoms with Gasteiger partial charge in [0.2, 0.25) is 0 Å². The molecule has 3 heteroatoms. The van der Waals surface area contributed by atoms with Crippen LogP contribution in [0.25, 0.3) is 0 Å². The van der Waals surface area contributed by atoms with Crippen LogP contribution >= 0.6 is 0 Å². The average molecular weight is 156 g/mol. The Kier molecular flexibility index (Phi) is 1.53. The number of rotatable bonds is 0. The summed E-state index contributed by atoms with van der Waals surface area (Å²) in [6.45, 7) is 7.81. The summed E-state index contributed by atoms with van der Waals surface area (Å²) < 4.78 is 0. The van der Waals surface area contributed by atoms with E-state index in [0.29, 0.717) is 0 Å². The van der Waals surface area contributed by atoms with Crippen LogP contribution in [0.1, 0.15) is 27.7 Å². The molecule has 0 radical (unpaired) electrons. The topological polar surface area (TPSA) is 58.6 Å². The van der Waals surface area contributed by atoms with Gasteiger partial charge in [-0.2, -0.15) is 5.10 Å². The fraction of sp³-hybridized carbons (Fsp3) is 0.875. The van der Waals surface area contributed by atoms with Crippen LogP contribution in [-0.2, 0) is 0 Å². The van der Waals surface area contributed by atoms with E-state index in [9.17, 15) is 5.11 Å². The highest BCUT2D eigenvalue weighted by molar-refractivity contribution is 6.01. The first kappa shape index (κ1) is 8.53. The zero-order chi connectivity index (χ0) is 8.86. The minimum absolute atomic E-state index is 0.238. The monoisotopic (exact) mass is 156 g/mol. The van der Waals surface area contributed by atoms with Gasteiger partial charge in [-0.25, -0.2) is 0 Å². The molecule has 3 N–H and O–H groups in total. The van der Waals surface area contributed by atoms with E-state index in [-0.39, 0.29) is 16.9 Å². The van der Waals surface area contributed by atoms with E-state index in [2.05, 4.69) is 5.10 Å². The van der Waals surface area contributed by atoms with E-state index in [0.717, 1.165) is 5.71 Å². The van der Waals surface area contributed by atoms with Crippen LogP contribution in [0, 0.1) is 10.8 Å². The second-order valence-electron chi connectivity index (χ2n) is 4.32. The van der Waals surface area contributed by atoms with E-state index < -0.39 is 0 Å². The fourth-order valence-electron chi connectivity index (χ4n) is 2.25. The maximum Gasteiger partial charge on any atom is 0.0748 e. The Bertz CT molecular complexity index is 188. The first-order valence-corrected chi connectivity index (χ1v) is 3.82. The number of hydrogen-bond acceptors (Lipinski definition) is 3. The smallest absolute Gasteiger partial charge is 0.0748 e. The van der Waals surface area contributed by atoms with E-state index in [4.69, 9.17) is 5.84 Å². The van der Waals surface area contributed by atoms with E-state index in [1.165, 1.54) is 0 Å². The van der Waals surface area contributed by atoms with Crippen LogP contribution in [0.15, 0.2) is 5.10 Å². The summed E-state index contributed by atoms with van der Waals surface area (Å²) >= 11 is 0. The van der Waals surface area contributed by atoms with Gasteiger partial charge in [-0.1, -0.05) is 27.7 Å². The third kappa shape index (κ3) is 0.805. The van der Waals surface area contributed by atoms with Crippen LogP contribution < -0.4 is 5.84 Å². The molecule has 0 unspecified atom stereocenters. The summed E-state index contributed by atoms with van der Waals surface area (Å²) in [6, 6.07) is 0. The molecule has 0 aromatic carbocycles. The molecule has 1 aliphatic carbocycles. The van der Waals surface area contributed by atoms with Crippen molar-refractivity contribution in [1.29, 1.82) is 0 Å². The van der Waals surface area contributed by atoms with Crippen LogP contribution in [0.5, 0.6) is 0 Å². The zero-order valence-corrected chi connectivity index (χ0v) is 7.55. The van der Waals surface area contributed by atoms with Crippen LogP contribution in [0.2, 0.25) is 0 Å². The number of hydrazone groups is 1. The molecular formula is C8H16N2O. The summed E-state index contributed by atoms with van der Waals surface area (Å²) in [5, 5.41) is 13.4. The number of nitrogens with zero attached hydrogens (tertiary/aromatic N) is 1. The Hall–Kier alpha value is -0.570. The summed E-state index contributed by atoms with van der Waals surface area (Å²) in [7, 11) is 0. The van der Waals surface area contributed by atoms with Crippen molar-refractivity contribution in [3.8, 4) is 0 Å². The van der Waals surface area contributed by atoms with Crippen LogP contribution in [-0.4, -0.2) is 16.9 Å². The Morgan fingerprint density at radius 1 is 1.27 bits per heavy atom. The largest absolute Gasteiger partial charge is 0.391 e. The highest BCUT2D eigenvalue weighted by Crippen LogP contribution is 2.50. The van der Waals surface area contributed by atoms with Gasteiger partial charge in [0, 0.05) is 10.8 Å². The van der Waals surface area contributed by atoms with Crippen molar-refractivity contribution < 1.29 is 5.11 Å². The highest BCUT2D eigenvalue weighted by Gasteiger charge is 2.58. The van der Waals surface area contributed by atoms with Gasteiger partial charge in [0.25, 0.3) is 0 Å². The molecule has 0 spiro atoms. The van der Waals surface area contributed by atoms with Crippen molar-refractivity contribution in [2.24, 2.45) is 21.8 Å². The normalized spacial score (nSPS) is 32.8. The predicted octanol–water partition coefficient (Wildman–Crippen LogP) is 0.728. The minimum Gasteiger partial charge on any atom is -0.391 e. The lowest BCUT2D eigenvalue weighted by Crippen LogP contribution is -2.64. The lowest BCUT2D eigenvalue weighted by molar-refractivity contribution is -0.0296. The van der Waals surface area contributed by atoms with Gasteiger partial charge in [0.1, 0.15) is 0 Å². The second-order valence-corrected chi connectivity index (χ2v) is 4.32. The number of aliphatic hydroxyl groups is 1. The maximum absolute atomic E-state index is 9.67. The molecule has 0 heterocycles. The van der Waals surface area contributed by atoms with Crippen LogP contribution in [0.4, 0.5) is 0 Å². The Morgan fingerprint density at radius 2 is 1.64 bits per heavy atom. The Labute approximate surface area is 67.3 Å². The number of aliphatic hydroxyl groups excluding tert-OH is 1. The van der Waals surface area contributed by atoms with E-state index >= 15 is 0 Å². The average Bonchev–Trinajstić information content (AvgIpc) is 1.86. The van der Waals surface area contributed by atoms with Gasteiger partial charge >= 0.3 is 0 Å². The lowest BCUT2D eigenvalue weighted by atomic mass is 9.52. The molecule has 11 heavy (non-hydrogen) atoms. The molecular weight excluding hydrogens is 140 g/mol. The van der Waals surface area contributed by atoms with E-state index in [1.807, 2.05) is 27.7 Å². The molecule has 0 bridgehead atoms. The summed E-state index contributed by atoms with van der Waals surface area (Å²) in [5.41, 5.74) is 0.425. The zero-order valence-electron chi connectivity index (χ0n) is 7.55. The fourth-order valence-corrected chi connectivity index (χ4v) is 2.25. The minimum atomic E-state index is -0.336. The Morgan fingerprint density at radius 3 is 1.82 bits per heavy atom. The van der Waals surface area contributed by atoms with Gasteiger partial charge < -0.3 is 10.9 Å². The third-order valence-electron chi connectivity index (χ3n) is 2.72. The molecule has 64 valence electrons. The number of hydrogen-bond donors (Lipinski definition) is 2. The molecule has 0 amide bonds. The van der Waals surface area contributed by atoms with Crippen molar-refractivity contribution in [1.82, 2.24) is 0 Å². The quantitative estimate of drug-likeness (QED) is 0.401. The predicted molar refractivity (Wildman–Crippen MR) is 45.2 cm³/mol. The van der Waals surface area contributed by atoms with Crippen molar-refractivity contribution >= 4 is 5.71 Å². The SMILES string of the molecule is CC1(C)C(=NN)C(C)(C)C1O. The third-order valence-corrected chi connectivity index (χ3v) is 2.72. The molecule has 1 fully saturated rings. The molecule has 0 aromatic heterocycles. The molecule has 1 rings (SSSR count). The Balaban J connectivity index is 2.98. The summed E-state index contributed by atoms with van der Waals surface area (Å²) in [5.74, 6) is 5.22. The number of nitrogens with two attached hydrogens (primary N) is 1. The van der Waals surface area contributed by atoms with Gasteiger partial charge in [-0.05, 0) is 0 Å². The first-order chi connectivity index (χ1) is 4.85.